The molecule has 0 aromatic rings. The fraction of sp³-hybridized carbons (Fsp3) is 1.00. The summed E-state index contributed by atoms with van der Waals surface area (Å²) >= 11 is 1.85. The van der Waals surface area contributed by atoms with Gasteiger partial charge in [0.15, 0.2) is 0 Å². The van der Waals surface area contributed by atoms with Crippen LogP contribution >= 0.6 is 11.8 Å². The van der Waals surface area contributed by atoms with E-state index < -0.39 is 0 Å². The fourth-order valence-electron chi connectivity index (χ4n) is 2.02. The van der Waals surface area contributed by atoms with Gasteiger partial charge in [-0.25, -0.2) is 0 Å². The van der Waals surface area contributed by atoms with Crippen LogP contribution in [-0.4, -0.2) is 37.7 Å². The van der Waals surface area contributed by atoms with E-state index in [-0.39, 0.29) is 6.00 Å². The molecule has 0 spiro atoms. The number of hydrogen-bond acceptors (Lipinski definition) is 3. The molecule has 0 amide bonds. The summed E-state index contributed by atoms with van der Waals surface area (Å²) in [4.78, 5) is 0. The fourth-order valence-corrected chi connectivity index (χ4v) is 3.10. The maximum atomic E-state index is 5.87. The summed E-state index contributed by atoms with van der Waals surface area (Å²) in [7, 11) is 5.87. The Morgan fingerprint density at radius 3 is 2.59 bits per heavy atom. The largest absolute Gasteiger partial charge is 0.384 e. The Hall–Kier alpha value is 0.335. The van der Waals surface area contributed by atoms with Crippen molar-refractivity contribution in [3.63, 3.8) is 0 Å². The van der Waals surface area contributed by atoms with E-state index >= 15 is 0 Å². The van der Waals surface area contributed by atoms with E-state index in [1.807, 2.05) is 11.8 Å². The van der Waals surface area contributed by atoms with Crippen LogP contribution in [0.5, 0.6) is 0 Å². The highest BCUT2D eigenvalue weighted by molar-refractivity contribution is 7.99. The van der Waals surface area contributed by atoms with Gasteiger partial charge >= 0.3 is 0 Å². The third-order valence-electron chi connectivity index (χ3n) is 2.75. The molecule has 2 nitrogen and oxygen atoms in total. The molecule has 0 aromatic heterocycles. The number of hydrogen-bond donors (Lipinski definition) is 0. The lowest BCUT2D eigenvalue weighted by Gasteiger charge is -2.20. The summed E-state index contributed by atoms with van der Waals surface area (Å²) in [5.74, 6) is 2.02. The summed E-state index contributed by atoms with van der Waals surface area (Å²) in [5, 5.41) is 0.500. The zero-order valence-corrected chi connectivity index (χ0v) is 12.3. The molecular formula is C13H25BO2S. The van der Waals surface area contributed by atoms with Gasteiger partial charge in [-0.15, -0.1) is 11.8 Å². The van der Waals surface area contributed by atoms with E-state index in [9.17, 15) is 0 Å². The molecule has 1 rings (SSSR count). The molecule has 1 fully saturated rings. The van der Waals surface area contributed by atoms with E-state index in [0.29, 0.717) is 23.2 Å². The Balaban J connectivity index is 2.24. The molecule has 0 saturated carbocycles. The minimum Gasteiger partial charge on any atom is -0.384 e. The minimum atomic E-state index is -0.0821. The Kier molecular flexibility index (Phi) is 6.97. The van der Waals surface area contributed by atoms with Gasteiger partial charge in [0.05, 0.1) is 12.0 Å². The third kappa shape index (κ3) is 6.16. The predicted octanol–water partition coefficient (Wildman–Crippen LogP) is 3.05. The van der Waals surface area contributed by atoms with E-state index in [4.69, 9.17) is 17.3 Å². The SMILES string of the molecule is [B][C@H]1CC(SCOCC(C)C)[C@@H](CC(C)C)O1. The number of thioether (sulfide) groups is 1. The topological polar surface area (TPSA) is 18.5 Å². The number of ether oxygens (including phenoxy) is 2. The van der Waals surface area contributed by atoms with Gasteiger partial charge in [0, 0.05) is 17.9 Å². The van der Waals surface area contributed by atoms with Crippen molar-refractivity contribution in [2.75, 3.05) is 12.5 Å². The Morgan fingerprint density at radius 1 is 1.29 bits per heavy atom. The van der Waals surface area contributed by atoms with Crippen molar-refractivity contribution in [1.29, 1.82) is 0 Å². The average molecular weight is 256 g/mol. The molecule has 1 saturated heterocycles. The van der Waals surface area contributed by atoms with Crippen LogP contribution in [0.1, 0.15) is 40.5 Å². The van der Waals surface area contributed by atoms with Crippen molar-refractivity contribution in [1.82, 2.24) is 0 Å². The minimum absolute atomic E-state index is 0.0821. The summed E-state index contributed by atoms with van der Waals surface area (Å²) in [6.07, 6.45) is 2.35. The lowest BCUT2D eigenvalue weighted by molar-refractivity contribution is 0.0746. The molecule has 4 heteroatoms. The van der Waals surface area contributed by atoms with Crippen LogP contribution in [0.2, 0.25) is 0 Å². The van der Waals surface area contributed by atoms with Gasteiger partial charge < -0.3 is 9.47 Å². The maximum absolute atomic E-state index is 5.87. The Labute approximate surface area is 112 Å². The van der Waals surface area contributed by atoms with Crippen LogP contribution in [0.25, 0.3) is 0 Å². The van der Waals surface area contributed by atoms with E-state index in [1.165, 1.54) is 0 Å². The van der Waals surface area contributed by atoms with Gasteiger partial charge in [-0.3, -0.25) is 0 Å². The summed E-state index contributed by atoms with van der Waals surface area (Å²) < 4.78 is 11.4. The first-order valence-electron chi connectivity index (χ1n) is 6.59. The molecule has 2 radical (unpaired) electrons. The van der Waals surface area contributed by atoms with E-state index in [1.54, 1.807) is 0 Å². The molecule has 3 atom stereocenters. The van der Waals surface area contributed by atoms with Crippen molar-refractivity contribution in [3.05, 3.63) is 0 Å². The summed E-state index contributed by atoms with van der Waals surface area (Å²) in [6, 6.07) is -0.0821. The van der Waals surface area contributed by atoms with Crippen LogP contribution in [0, 0.1) is 11.8 Å². The molecule has 1 aliphatic rings. The lowest BCUT2D eigenvalue weighted by Crippen LogP contribution is -2.21. The Morgan fingerprint density at radius 2 is 2.00 bits per heavy atom. The van der Waals surface area contributed by atoms with Crippen LogP contribution < -0.4 is 0 Å². The summed E-state index contributed by atoms with van der Waals surface area (Å²) in [6.45, 7) is 9.62. The van der Waals surface area contributed by atoms with Gasteiger partial charge in [0.2, 0.25) is 0 Å². The molecule has 0 bridgehead atoms. The molecule has 0 aromatic carbocycles. The average Bonchev–Trinajstić information content (AvgIpc) is 2.52. The maximum Gasteiger partial charge on any atom is 0.109 e. The van der Waals surface area contributed by atoms with E-state index in [2.05, 4.69) is 27.7 Å². The van der Waals surface area contributed by atoms with Gasteiger partial charge in [-0.2, -0.15) is 0 Å². The molecule has 0 N–H and O–H groups in total. The van der Waals surface area contributed by atoms with Crippen molar-refractivity contribution in [2.24, 2.45) is 11.8 Å². The Bertz CT molecular complexity index is 212. The van der Waals surface area contributed by atoms with Gasteiger partial charge in [0.25, 0.3) is 0 Å². The predicted molar refractivity (Wildman–Crippen MR) is 75.5 cm³/mol. The van der Waals surface area contributed by atoms with Crippen LogP contribution in [-0.2, 0) is 9.47 Å². The van der Waals surface area contributed by atoms with E-state index in [0.717, 1.165) is 25.4 Å². The molecular weight excluding hydrogens is 231 g/mol. The second-order valence-corrected chi connectivity index (χ2v) is 6.84. The number of rotatable bonds is 7. The van der Waals surface area contributed by atoms with Crippen molar-refractivity contribution in [3.8, 4) is 0 Å². The van der Waals surface area contributed by atoms with Crippen molar-refractivity contribution in [2.45, 2.75) is 57.9 Å². The van der Waals surface area contributed by atoms with Gasteiger partial charge in [-0.1, -0.05) is 27.7 Å². The quantitative estimate of drug-likeness (QED) is 0.396. The molecule has 0 aliphatic carbocycles. The first kappa shape index (κ1) is 15.4. The smallest absolute Gasteiger partial charge is 0.109 e. The third-order valence-corrected chi connectivity index (χ3v) is 3.98. The first-order valence-corrected chi connectivity index (χ1v) is 7.64. The molecule has 1 heterocycles. The van der Waals surface area contributed by atoms with Crippen molar-refractivity contribution >= 4 is 19.6 Å². The van der Waals surface area contributed by atoms with Crippen LogP contribution in [0.4, 0.5) is 0 Å². The zero-order valence-electron chi connectivity index (χ0n) is 11.5. The van der Waals surface area contributed by atoms with Crippen LogP contribution in [0.3, 0.4) is 0 Å². The van der Waals surface area contributed by atoms with Crippen LogP contribution in [0.15, 0.2) is 0 Å². The highest BCUT2D eigenvalue weighted by Gasteiger charge is 2.33. The summed E-state index contributed by atoms with van der Waals surface area (Å²) in [5.41, 5.74) is 0. The molecule has 17 heavy (non-hydrogen) atoms. The first-order chi connectivity index (χ1) is 7.99. The zero-order chi connectivity index (χ0) is 12.8. The second-order valence-electron chi connectivity index (χ2n) is 5.67. The highest BCUT2D eigenvalue weighted by atomic mass is 32.2. The molecule has 98 valence electrons. The van der Waals surface area contributed by atoms with Crippen molar-refractivity contribution < 1.29 is 9.47 Å². The van der Waals surface area contributed by atoms with Gasteiger partial charge in [0.1, 0.15) is 7.85 Å². The highest BCUT2D eigenvalue weighted by Crippen LogP contribution is 2.33. The molecule has 1 aliphatic heterocycles. The standard InChI is InChI=1S/C13H25BO2S/c1-9(2)5-11-12(6-13(14)16-11)17-8-15-7-10(3)4/h9-13H,5-8H2,1-4H3/t11-,12?,13-/m1/s1. The molecule has 1 unspecified atom stereocenters. The lowest BCUT2D eigenvalue weighted by atomic mass is 9.96. The normalized spacial score (nSPS) is 29.4. The monoisotopic (exact) mass is 256 g/mol. The van der Waals surface area contributed by atoms with Gasteiger partial charge in [-0.05, 0) is 24.7 Å². The second kappa shape index (κ2) is 7.70.